The van der Waals surface area contributed by atoms with E-state index in [9.17, 15) is 19.2 Å². The SMILES string of the molecule is CC(=O)O[C@H]1[C@@H]([C@@H](COC=O)OC(C)=O)OC[C@@H]1OC(C)=O. The quantitative estimate of drug-likeness (QED) is 0.343. The first kappa shape index (κ1) is 17.9. The molecule has 22 heavy (non-hydrogen) atoms. The fraction of sp³-hybridized carbons (Fsp3) is 0.692. The average molecular weight is 318 g/mol. The molecule has 0 amide bonds. The Labute approximate surface area is 126 Å². The third-order valence-electron chi connectivity index (χ3n) is 2.77. The fourth-order valence-electron chi connectivity index (χ4n) is 2.12. The van der Waals surface area contributed by atoms with Gasteiger partial charge < -0.3 is 23.7 Å². The normalized spacial score (nSPS) is 25.0. The van der Waals surface area contributed by atoms with Gasteiger partial charge in [0.25, 0.3) is 6.47 Å². The molecular weight excluding hydrogens is 300 g/mol. The van der Waals surface area contributed by atoms with Crippen LogP contribution in [0.3, 0.4) is 0 Å². The Morgan fingerprint density at radius 3 is 2.27 bits per heavy atom. The van der Waals surface area contributed by atoms with E-state index < -0.39 is 42.3 Å². The van der Waals surface area contributed by atoms with Crippen LogP contribution in [0.5, 0.6) is 0 Å². The van der Waals surface area contributed by atoms with Crippen LogP contribution in [0, 0.1) is 0 Å². The number of hydrogen-bond donors (Lipinski definition) is 0. The zero-order valence-corrected chi connectivity index (χ0v) is 12.5. The van der Waals surface area contributed by atoms with Crippen LogP contribution in [0.1, 0.15) is 20.8 Å². The molecule has 1 aliphatic rings. The summed E-state index contributed by atoms with van der Waals surface area (Å²) in [6, 6.07) is 0. The van der Waals surface area contributed by atoms with Crippen LogP contribution in [0.25, 0.3) is 0 Å². The van der Waals surface area contributed by atoms with E-state index in [-0.39, 0.29) is 19.7 Å². The van der Waals surface area contributed by atoms with Crippen molar-refractivity contribution in [2.45, 2.75) is 45.2 Å². The second-order valence-corrected chi connectivity index (χ2v) is 4.60. The third-order valence-corrected chi connectivity index (χ3v) is 2.77. The van der Waals surface area contributed by atoms with E-state index in [1.165, 1.54) is 20.8 Å². The highest BCUT2D eigenvalue weighted by atomic mass is 16.7. The number of rotatable bonds is 7. The fourth-order valence-corrected chi connectivity index (χ4v) is 2.12. The summed E-state index contributed by atoms with van der Waals surface area (Å²) < 4.78 is 25.2. The molecule has 4 atom stereocenters. The Morgan fingerprint density at radius 1 is 1.14 bits per heavy atom. The highest BCUT2D eigenvalue weighted by molar-refractivity contribution is 5.68. The van der Waals surface area contributed by atoms with Crippen molar-refractivity contribution >= 4 is 24.4 Å². The van der Waals surface area contributed by atoms with Gasteiger partial charge in [0.1, 0.15) is 12.7 Å². The first-order valence-electron chi connectivity index (χ1n) is 6.53. The maximum atomic E-state index is 11.2. The largest absolute Gasteiger partial charge is 0.464 e. The molecule has 1 fully saturated rings. The van der Waals surface area contributed by atoms with Crippen molar-refractivity contribution in [2.75, 3.05) is 13.2 Å². The van der Waals surface area contributed by atoms with Crippen molar-refractivity contribution < 1.29 is 42.9 Å². The van der Waals surface area contributed by atoms with E-state index in [1.807, 2.05) is 0 Å². The van der Waals surface area contributed by atoms with Gasteiger partial charge in [0, 0.05) is 20.8 Å². The molecule has 0 unspecified atom stereocenters. The molecule has 1 saturated heterocycles. The third kappa shape index (κ3) is 5.32. The maximum Gasteiger partial charge on any atom is 0.303 e. The minimum absolute atomic E-state index is 0.0406. The second kappa shape index (κ2) is 8.32. The van der Waals surface area contributed by atoms with Gasteiger partial charge in [-0.05, 0) is 0 Å². The van der Waals surface area contributed by atoms with E-state index in [0.29, 0.717) is 0 Å². The van der Waals surface area contributed by atoms with Crippen molar-refractivity contribution in [2.24, 2.45) is 0 Å². The van der Waals surface area contributed by atoms with Gasteiger partial charge in [-0.1, -0.05) is 0 Å². The van der Waals surface area contributed by atoms with Crippen LogP contribution in [0.15, 0.2) is 0 Å². The molecule has 0 saturated carbocycles. The summed E-state index contributed by atoms with van der Waals surface area (Å²) in [5.41, 5.74) is 0. The number of ether oxygens (including phenoxy) is 5. The lowest BCUT2D eigenvalue weighted by molar-refractivity contribution is -0.174. The van der Waals surface area contributed by atoms with Crippen molar-refractivity contribution in [1.29, 1.82) is 0 Å². The Hall–Kier alpha value is -2.16. The number of carbonyl (C=O) groups is 4. The monoisotopic (exact) mass is 318 g/mol. The summed E-state index contributed by atoms with van der Waals surface area (Å²) in [5.74, 6) is -1.81. The zero-order valence-electron chi connectivity index (χ0n) is 12.5. The summed E-state index contributed by atoms with van der Waals surface area (Å²) in [5, 5.41) is 0. The average Bonchev–Trinajstić information content (AvgIpc) is 2.76. The number of esters is 3. The van der Waals surface area contributed by atoms with Crippen molar-refractivity contribution in [3.05, 3.63) is 0 Å². The molecule has 0 aromatic rings. The predicted octanol–water partition coefficient (Wildman–Crippen LogP) is -0.647. The molecule has 0 aromatic heterocycles. The maximum absolute atomic E-state index is 11.2. The lowest BCUT2D eigenvalue weighted by Gasteiger charge is -2.27. The molecule has 0 radical (unpaired) electrons. The second-order valence-electron chi connectivity index (χ2n) is 4.60. The summed E-state index contributed by atoms with van der Waals surface area (Å²) in [4.78, 5) is 43.8. The minimum atomic E-state index is -0.993. The van der Waals surface area contributed by atoms with Gasteiger partial charge in [0.05, 0.1) is 6.61 Å². The van der Waals surface area contributed by atoms with Gasteiger partial charge in [-0.25, -0.2) is 0 Å². The number of hydrogen-bond acceptors (Lipinski definition) is 9. The van der Waals surface area contributed by atoms with Gasteiger partial charge in [-0.2, -0.15) is 0 Å². The van der Waals surface area contributed by atoms with Crippen LogP contribution >= 0.6 is 0 Å². The first-order chi connectivity index (χ1) is 10.3. The standard InChI is InChI=1S/C13H18O9/c1-7(15)20-10(4-18-6-14)12-13(22-9(3)17)11(5-19-12)21-8(2)16/h6,10-13H,4-5H2,1-3H3/t10-,11+,12-,13-/m1/s1. The summed E-state index contributed by atoms with van der Waals surface area (Å²) in [6.07, 6.45) is -3.72. The van der Waals surface area contributed by atoms with Crippen LogP contribution in [0.2, 0.25) is 0 Å². The van der Waals surface area contributed by atoms with Crippen molar-refractivity contribution in [1.82, 2.24) is 0 Å². The van der Waals surface area contributed by atoms with Crippen LogP contribution in [-0.4, -0.2) is 62.0 Å². The molecule has 9 heteroatoms. The van der Waals surface area contributed by atoms with E-state index in [4.69, 9.17) is 18.9 Å². The minimum Gasteiger partial charge on any atom is -0.464 e. The first-order valence-corrected chi connectivity index (χ1v) is 6.53. The molecule has 0 spiro atoms. The van der Waals surface area contributed by atoms with Crippen LogP contribution < -0.4 is 0 Å². The van der Waals surface area contributed by atoms with E-state index in [2.05, 4.69) is 4.74 Å². The molecule has 0 aliphatic carbocycles. The van der Waals surface area contributed by atoms with Gasteiger partial charge in [0.15, 0.2) is 18.3 Å². The molecule has 1 aliphatic heterocycles. The van der Waals surface area contributed by atoms with Crippen molar-refractivity contribution in [3.8, 4) is 0 Å². The topological polar surface area (TPSA) is 114 Å². The molecule has 0 N–H and O–H groups in total. The molecule has 0 bridgehead atoms. The van der Waals surface area contributed by atoms with Crippen LogP contribution in [0.4, 0.5) is 0 Å². The van der Waals surface area contributed by atoms with E-state index in [1.54, 1.807) is 0 Å². The Morgan fingerprint density at radius 2 is 1.77 bits per heavy atom. The highest BCUT2D eigenvalue weighted by Gasteiger charge is 2.47. The lowest BCUT2D eigenvalue weighted by atomic mass is 10.1. The van der Waals surface area contributed by atoms with Gasteiger partial charge in [0.2, 0.25) is 0 Å². The Bertz CT molecular complexity index is 433. The Kier molecular flexibility index (Phi) is 6.77. The van der Waals surface area contributed by atoms with E-state index >= 15 is 0 Å². The molecule has 1 rings (SSSR count). The number of carbonyl (C=O) groups excluding carboxylic acids is 4. The smallest absolute Gasteiger partial charge is 0.303 e. The molecule has 9 nitrogen and oxygen atoms in total. The Balaban J connectivity index is 2.89. The predicted molar refractivity (Wildman–Crippen MR) is 68.4 cm³/mol. The molecular formula is C13H18O9. The molecule has 0 aromatic carbocycles. The highest BCUT2D eigenvalue weighted by Crippen LogP contribution is 2.25. The molecule has 124 valence electrons. The van der Waals surface area contributed by atoms with Gasteiger partial charge >= 0.3 is 17.9 Å². The van der Waals surface area contributed by atoms with E-state index in [0.717, 1.165) is 0 Å². The van der Waals surface area contributed by atoms with Crippen LogP contribution in [-0.2, 0) is 42.9 Å². The van der Waals surface area contributed by atoms with Gasteiger partial charge in [-0.15, -0.1) is 0 Å². The van der Waals surface area contributed by atoms with Crippen molar-refractivity contribution in [3.63, 3.8) is 0 Å². The summed E-state index contributed by atoms with van der Waals surface area (Å²) >= 11 is 0. The summed E-state index contributed by atoms with van der Waals surface area (Å²) in [6.45, 7) is 3.43. The van der Waals surface area contributed by atoms with Gasteiger partial charge in [-0.3, -0.25) is 19.2 Å². The zero-order chi connectivity index (χ0) is 16.7. The summed E-state index contributed by atoms with van der Waals surface area (Å²) in [7, 11) is 0. The molecule has 1 heterocycles. The lowest BCUT2D eigenvalue weighted by Crippen LogP contribution is -2.46.